The Morgan fingerprint density at radius 3 is 2.37 bits per heavy atom. The second-order valence-corrected chi connectivity index (χ2v) is 8.33. The molecule has 4 fully saturated rings. The quantitative estimate of drug-likeness (QED) is 0.891. The largest absolute Gasteiger partial charge is 0.352 e. The fourth-order valence-electron chi connectivity index (χ4n) is 5.48. The van der Waals surface area contributed by atoms with Crippen molar-refractivity contribution in [2.24, 2.45) is 5.92 Å². The summed E-state index contributed by atoms with van der Waals surface area (Å²) in [6.45, 7) is 6.52. The summed E-state index contributed by atoms with van der Waals surface area (Å²) < 4.78 is 0. The number of nitrogens with zero attached hydrogens (tertiary/aromatic N) is 3. The highest BCUT2D eigenvalue weighted by molar-refractivity contribution is 5.79. The van der Waals surface area contributed by atoms with E-state index in [9.17, 15) is 4.79 Å². The summed E-state index contributed by atoms with van der Waals surface area (Å²) in [5.74, 6) is 0.606. The van der Waals surface area contributed by atoms with Gasteiger partial charge in [0.1, 0.15) is 0 Å². The van der Waals surface area contributed by atoms with Crippen molar-refractivity contribution < 1.29 is 4.79 Å². The van der Waals surface area contributed by atoms with Gasteiger partial charge in [-0.3, -0.25) is 9.78 Å². The maximum Gasteiger partial charge on any atom is 0.224 e. The third-order valence-corrected chi connectivity index (χ3v) is 6.58. The lowest BCUT2D eigenvalue weighted by Gasteiger charge is -2.55. The van der Waals surface area contributed by atoms with Gasteiger partial charge in [0.2, 0.25) is 5.91 Å². The van der Waals surface area contributed by atoms with Crippen LogP contribution < -0.4 is 5.32 Å². The van der Waals surface area contributed by atoms with Gasteiger partial charge in [-0.15, -0.1) is 0 Å². The molecule has 5 heteroatoms. The molecule has 4 aliphatic heterocycles. The summed E-state index contributed by atoms with van der Waals surface area (Å²) in [6.07, 6.45) is 3.92. The van der Waals surface area contributed by atoms with E-state index in [0.29, 0.717) is 12.3 Å². The molecule has 4 aliphatic rings. The van der Waals surface area contributed by atoms with E-state index in [1.165, 1.54) is 5.56 Å². The van der Waals surface area contributed by atoms with Crippen LogP contribution in [0.5, 0.6) is 0 Å². The number of nitrogens with one attached hydrogen (secondary N) is 1. The molecule has 0 radical (unpaired) electrons. The minimum Gasteiger partial charge on any atom is -0.352 e. The highest BCUT2D eigenvalue weighted by Gasteiger charge is 2.55. The van der Waals surface area contributed by atoms with Crippen molar-refractivity contribution in [3.05, 3.63) is 66.0 Å². The SMILES string of the molecule is O=C(Cc1ccncc1)N[C@@H]1C2CN3CCN(C2)CC1(c1ccccc1)C3. The second kappa shape index (κ2) is 6.73. The third-order valence-electron chi connectivity index (χ3n) is 6.58. The van der Waals surface area contributed by atoms with Gasteiger partial charge >= 0.3 is 0 Å². The lowest BCUT2D eigenvalue weighted by molar-refractivity contribution is -0.123. The first kappa shape index (κ1) is 16.9. The highest BCUT2D eigenvalue weighted by atomic mass is 16.1. The zero-order valence-corrected chi connectivity index (χ0v) is 15.6. The fraction of sp³-hybridized carbons (Fsp3) is 0.455. The number of carbonyl (C=O) groups excluding carboxylic acids is 1. The van der Waals surface area contributed by atoms with E-state index in [1.807, 2.05) is 12.1 Å². The lowest BCUT2D eigenvalue weighted by Crippen LogP contribution is -2.70. The number of hydrogen-bond acceptors (Lipinski definition) is 4. The molecule has 5 nitrogen and oxygen atoms in total. The predicted octanol–water partition coefficient (Wildman–Crippen LogP) is 1.31. The molecule has 2 aromatic rings. The molecule has 1 aromatic heterocycles. The van der Waals surface area contributed by atoms with Crippen LogP contribution in [0, 0.1) is 5.92 Å². The topological polar surface area (TPSA) is 48.5 Å². The van der Waals surface area contributed by atoms with E-state index >= 15 is 0 Å². The molecule has 4 saturated heterocycles. The monoisotopic (exact) mass is 362 g/mol. The first-order valence-corrected chi connectivity index (χ1v) is 9.91. The van der Waals surface area contributed by atoms with Crippen LogP contribution in [-0.4, -0.2) is 66.0 Å². The summed E-state index contributed by atoms with van der Waals surface area (Å²) >= 11 is 0. The number of hydrogen-bond donors (Lipinski definition) is 1. The number of aromatic nitrogens is 1. The summed E-state index contributed by atoms with van der Waals surface area (Å²) in [4.78, 5) is 22.2. The molecule has 1 N–H and O–H groups in total. The molecular weight excluding hydrogens is 336 g/mol. The summed E-state index contributed by atoms with van der Waals surface area (Å²) in [6, 6.07) is 14.9. The maximum atomic E-state index is 12.9. The van der Waals surface area contributed by atoms with Crippen LogP contribution in [0.1, 0.15) is 11.1 Å². The van der Waals surface area contributed by atoms with Crippen LogP contribution in [0.25, 0.3) is 0 Å². The number of fused-ring (bicyclic) bond motifs is 1. The molecule has 27 heavy (non-hydrogen) atoms. The minimum absolute atomic E-state index is 0.0210. The summed E-state index contributed by atoms with van der Waals surface area (Å²) in [5.41, 5.74) is 2.36. The molecule has 140 valence electrons. The van der Waals surface area contributed by atoms with Crippen LogP contribution in [0.15, 0.2) is 54.9 Å². The average molecular weight is 362 g/mol. The van der Waals surface area contributed by atoms with Crippen molar-refractivity contribution in [3.8, 4) is 0 Å². The number of carbonyl (C=O) groups is 1. The van der Waals surface area contributed by atoms with Crippen molar-refractivity contribution in [1.29, 1.82) is 0 Å². The van der Waals surface area contributed by atoms with Crippen LogP contribution in [0.4, 0.5) is 0 Å². The van der Waals surface area contributed by atoms with E-state index in [2.05, 4.69) is 50.4 Å². The Balaban J connectivity index is 1.45. The van der Waals surface area contributed by atoms with Gasteiger partial charge in [-0.2, -0.15) is 0 Å². The molecular formula is C22H26N4O. The summed E-state index contributed by atoms with van der Waals surface area (Å²) in [7, 11) is 0. The molecule has 3 atom stereocenters. The van der Waals surface area contributed by atoms with Crippen molar-refractivity contribution in [2.75, 3.05) is 39.3 Å². The second-order valence-electron chi connectivity index (χ2n) is 8.33. The van der Waals surface area contributed by atoms with Gasteiger partial charge in [-0.1, -0.05) is 30.3 Å². The van der Waals surface area contributed by atoms with Gasteiger partial charge in [-0.25, -0.2) is 0 Å². The Kier molecular flexibility index (Phi) is 4.21. The smallest absolute Gasteiger partial charge is 0.224 e. The van der Waals surface area contributed by atoms with Gasteiger partial charge in [0.25, 0.3) is 0 Å². The predicted molar refractivity (Wildman–Crippen MR) is 104 cm³/mol. The zero-order valence-electron chi connectivity index (χ0n) is 15.6. The normalized spacial score (nSPS) is 34.2. The molecule has 2 unspecified atom stereocenters. The van der Waals surface area contributed by atoms with E-state index in [4.69, 9.17) is 0 Å². The van der Waals surface area contributed by atoms with Crippen molar-refractivity contribution in [2.45, 2.75) is 17.9 Å². The van der Waals surface area contributed by atoms with E-state index in [0.717, 1.165) is 44.8 Å². The molecule has 4 bridgehead atoms. The lowest BCUT2D eigenvalue weighted by atomic mass is 9.64. The van der Waals surface area contributed by atoms with Crippen molar-refractivity contribution in [1.82, 2.24) is 20.1 Å². The van der Waals surface area contributed by atoms with Crippen LogP contribution in [0.3, 0.4) is 0 Å². The molecule has 0 spiro atoms. The Morgan fingerprint density at radius 2 is 1.70 bits per heavy atom. The standard InChI is InChI=1S/C22H26N4O/c27-20(12-17-6-8-23-9-7-17)24-21-18-13-25-10-11-26(14-18)16-22(21,15-25)19-4-2-1-3-5-19/h1-9,18,21H,10-16H2,(H,24,27)/t18?,21-,22?/m1/s1. The number of piperidine rings is 2. The van der Waals surface area contributed by atoms with Crippen LogP contribution in [-0.2, 0) is 16.6 Å². The number of rotatable bonds is 4. The zero-order chi connectivity index (χ0) is 18.3. The number of pyridine rings is 1. The molecule has 5 heterocycles. The maximum absolute atomic E-state index is 12.9. The Hall–Kier alpha value is -2.24. The van der Waals surface area contributed by atoms with E-state index < -0.39 is 0 Å². The number of benzene rings is 1. The van der Waals surface area contributed by atoms with Gasteiger partial charge in [0.15, 0.2) is 0 Å². The van der Waals surface area contributed by atoms with Gasteiger partial charge in [-0.05, 0) is 23.3 Å². The highest BCUT2D eigenvalue weighted by Crippen LogP contribution is 2.43. The average Bonchev–Trinajstić information content (AvgIpc) is 2.94. The van der Waals surface area contributed by atoms with Crippen molar-refractivity contribution >= 4 is 5.91 Å². The van der Waals surface area contributed by atoms with Gasteiger partial charge < -0.3 is 15.1 Å². The molecule has 6 rings (SSSR count). The molecule has 1 aromatic carbocycles. The third kappa shape index (κ3) is 3.05. The molecule has 0 saturated carbocycles. The first-order chi connectivity index (χ1) is 13.2. The van der Waals surface area contributed by atoms with E-state index in [1.54, 1.807) is 12.4 Å². The Labute approximate surface area is 160 Å². The van der Waals surface area contributed by atoms with Gasteiger partial charge in [0.05, 0.1) is 6.42 Å². The first-order valence-electron chi connectivity index (χ1n) is 9.91. The van der Waals surface area contributed by atoms with Gasteiger partial charge in [0, 0.05) is 69.0 Å². The fourth-order valence-corrected chi connectivity index (χ4v) is 5.48. The van der Waals surface area contributed by atoms with E-state index in [-0.39, 0.29) is 17.4 Å². The Bertz CT molecular complexity index is 794. The minimum atomic E-state index is -0.0210. The number of amides is 1. The van der Waals surface area contributed by atoms with Crippen LogP contribution in [0.2, 0.25) is 0 Å². The summed E-state index contributed by atoms with van der Waals surface area (Å²) in [5, 5.41) is 3.46. The van der Waals surface area contributed by atoms with Crippen LogP contribution >= 0.6 is 0 Å². The molecule has 0 aliphatic carbocycles. The Morgan fingerprint density at radius 1 is 1.04 bits per heavy atom. The molecule has 1 amide bonds. The van der Waals surface area contributed by atoms with Crippen molar-refractivity contribution in [3.63, 3.8) is 0 Å².